The zero-order valence-corrected chi connectivity index (χ0v) is 9.62. The van der Waals surface area contributed by atoms with E-state index < -0.39 is 5.60 Å². The Kier molecular flexibility index (Phi) is 2.23. The number of benzene rings is 1. The van der Waals surface area contributed by atoms with E-state index in [4.69, 9.17) is 0 Å². The molecule has 1 atom stereocenters. The molecule has 0 fully saturated rings. The molecule has 1 N–H and O–H groups in total. The molecule has 0 heterocycles. The number of hydrogen-bond acceptors (Lipinski definition) is 1. The first-order valence-electron chi connectivity index (χ1n) is 5.43. The van der Waals surface area contributed by atoms with Gasteiger partial charge in [0.1, 0.15) is 5.60 Å². The Morgan fingerprint density at radius 2 is 1.73 bits per heavy atom. The summed E-state index contributed by atoms with van der Waals surface area (Å²) in [7, 11) is 0. The molecular formula is C14H18O. The molecule has 80 valence electrons. The van der Waals surface area contributed by atoms with Gasteiger partial charge in [-0.25, -0.2) is 0 Å². The molecule has 1 aliphatic rings. The second-order valence-corrected chi connectivity index (χ2v) is 4.94. The molecule has 0 saturated carbocycles. The Hall–Kier alpha value is -1.08. The lowest BCUT2D eigenvalue weighted by Gasteiger charge is -2.39. The minimum Gasteiger partial charge on any atom is -0.384 e. The van der Waals surface area contributed by atoms with Crippen LogP contribution < -0.4 is 0 Å². The van der Waals surface area contributed by atoms with Crippen molar-refractivity contribution in [2.24, 2.45) is 5.41 Å². The third-order valence-corrected chi connectivity index (χ3v) is 3.97. The van der Waals surface area contributed by atoms with Crippen molar-refractivity contribution in [2.45, 2.75) is 32.8 Å². The van der Waals surface area contributed by atoms with Crippen LogP contribution in [0, 0.1) is 5.41 Å². The van der Waals surface area contributed by atoms with Gasteiger partial charge in [-0.2, -0.15) is 0 Å². The third-order valence-electron chi connectivity index (χ3n) is 3.97. The maximum absolute atomic E-state index is 10.8. The second-order valence-electron chi connectivity index (χ2n) is 4.94. The maximum Gasteiger partial charge on any atom is 0.102 e. The van der Waals surface area contributed by atoms with Gasteiger partial charge < -0.3 is 5.11 Å². The predicted molar refractivity (Wildman–Crippen MR) is 62.5 cm³/mol. The fraction of sp³-hybridized carbons (Fsp3) is 0.429. The molecule has 1 unspecified atom stereocenters. The van der Waals surface area contributed by atoms with E-state index in [1.165, 1.54) is 5.57 Å². The Morgan fingerprint density at radius 1 is 1.13 bits per heavy atom. The smallest absolute Gasteiger partial charge is 0.102 e. The molecular weight excluding hydrogens is 184 g/mol. The molecule has 0 radical (unpaired) electrons. The first-order chi connectivity index (χ1) is 6.98. The minimum atomic E-state index is -0.738. The maximum atomic E-state index is 10.8. The van der Waals surface area contributed by atoms with Gasteiger partial charge in [-0.3, -0.25) is 0 Å². The quantitative estimate of drug-likeness (QED) is 0.693. The van der Waals surface area contributed by atoms with Crippen molar-refractivity contribution in [2.75, 3.05) is 0 Å². The molecule has 15 heavy (non-hydrogen) atoms. The van der Waals surface area contributed by atoms with Crippen LogP contribution in [0.4, 0.5) is 0 Å². The normalized spacial score (nSPS) is 28.9. The zero-order valence-electron chi connectivity index (χ0n) is 9.62. The van der Waals surface area contributed by atoms with Crippen LogP contribution in [-0.4, -0.2) is 5.11 Å². The predicted octanol–water partition coefficient (Wildman–Crippen LogP) is 3.25. The average Bonchev–Trinajstić information content (AvgIpc) is 2.45. The molecule has 1 aliphatic carbocycles. The van der Waals surface area contributed by atoms with E-state index in [-0.39, 0.29) is 5.41 Å². The lowest BCUT2D eigenvalue weighted by Crippen LogP contribution is -2.38. The Morgan fingerprint density at radius 3 is 2.20 bits per heavy atom. The highest BCUT2D eigenvalue weighted by Gasteiger charge is 2.48. The highest BCUT2D eigenvalue weighted by atomic mass is 16.3. The van der Waals surface area contributed by atoms with Crippen LogP contribution in [0.1, 0.15) is 32.8 Å². The molecule has 1 aromatic rings. The van der Waals surface area contributed by atoms with Crippen molar-refractivity contribution in [1.29, 1.82) is 0 Å². The summed E-state index contributed by atoms with van der Waals surface area (Å²) in [6, 6.07) is 9.96. The highest BCUT2D eigenvalue weighted by Crippen LogP contribution is 2.51. The van der Waals surface area contributed by atoms with Gasteiger partial charge in [0.05, 0.1) is 0 Å². The SMILES string of the molecule is CC1=CCC(O)(c2ccccc2)C1(C)C. The molecule has 0 aromatic heterocycles. The van der Waals surface area contributed by atoms with Gasteiger partial charge in [-0.15, -0.1) is 0 Å². The van der Waals surface area contributed by atoms with Crippen molar-refractivity contribution in [1.82, 2.24) is 0 Å². The third kappa shape index (κ3) is 1.34. The van der Waals surface area contributed by atoms with Crippen molar-refractivity contribution in [3.8, 4) is 0 Å². The van der Waals surface area contributed by atoms with Crippen molar-refractivity contribution >= 4 is 0 Å². The van der Waals surface area contributed by atoms with Crippen LogP contribution in [-0.2, 0) is 5.60 Å². The summed E-state index contributed by atoms with van der Waals surface area (Å²) in [6.07, 6.45) is 2.86. The topological polar surface area (TPSA) is 20.2 Å². The van der Waals surface area contributed by atoms with E-state index in [0.717, 1.165) is 12.0 Å². The van der Waals surface area contributed by atoms with Gasteiger partial charge >= 0.3 is 0 Å². The van der Waals surface area contributed by atoms with Gasteiger partial charge in [0.2, 0.25) is 0 Å². The molecule has 0 saturated heterocycles. The van der Waals surface area contributed by atoms with E-state index in [2.05, 4.69) is 26.8 Å². The molecule has 2 rings (SSSR count). The van der Waals surface area contributed by atoms with Gasteiger partial charge in [0.25, 0.3) is 0 Å². The number of hydrogen-bond donors (Lipinski definition) is 1. The summed E-state index contributed by atoms with van der Waals surface area (Å²) in [5.74, 6) is 0. The number of rotatable bonds is 1. The van der Waals surface area contributed by atoms with E-state index in [0.29, 0.717) is 0 Å². The molecule has 1 nitrogen and oxygen atoms in total. The van der Waals surface area contributed by atoms with E-state index in [9.17, 15) is 5.11 Å². The van der Waals surface area contributed by atoms with E-state index in [1.54, 1.807) is 0 Å². The molecule has 0 spiro atoms. The minimum absolute atomic E-state index is 0.172. The Bertz CT molecular complexity index is 389. The number of aliphatic hydroxyl groups is 1. The van der Waals surface area contributed by atoms with Gasteiger partial charge in [-0.1, -0.05) is 55.8 Å². The lowest BCUT2D eigenvalue weighted by molar-refractivity contribution is -0.0396. The first kappa shape index (κ1) is 10.4. The fourth-order valence-corrected chi connectivity index (χ4v) is 2.33. The van der Waals surface area contributed by atoms with Crippen LogP contribution in [0.25, 0.3) is 0 Å². The fourth-order valence-electron chi connectivity index (χ4n) is 2.33. The van der Waals surface area contributed by atoms with Crippen LogP contribution in [0.5, 0.6) is 0 Å². The first-order valence-corrected chi connectivity index (χ1v) is 5.43. The van der Waals surface area contributed by atoms with Crippen molar-refractivity contribution in [3.63, 3.8) is 0 Å². The monoisotopic (exact) mass is 202 g/mol. The molecule has 0 aliphatic heterocycles. The summed E-state index contributed by atoms with van der Waals surface area (Å²) < 4.78 is 0. The van der Waals surface area contributed by atoms with Gasteiger partial charge in [0.15, 0.2) is 0 Å². The molecule has 0 amide bonds. The van der Waals surface area contributed by atoms with Crippen molar-refractivity contribution < 1.29 is 5.11 Å². The van der Waals surface area contributed by atoms with Crippen LogP contribution in [0.3, 0.4) is 0 Å². The summed E-state index contributed by atoms with van der Waals surface area (Å²) in [6.45, 7) is 6.32. The lowest BCUT2D eigenvalue weighted by atomic mass is 9.70. The van der Waals surface area contributed by atoms with Crippen LogP contribution in [0.15, 0.2) is 42.0 Å². The Labute approximate surface area is 91.4 Å². The van der Waals surface area contributed by atoms with Gasteiger partial charge in [-0.05, 0) is 18.9 Å². The zero-order chi connectivity index (χ0) is 11.1. The van der Waals surface area contributed by atoms with Crippen LogP contribution in [0.2, 0.25) is 0 Å². The summed E-state index contributed by atoms with van der Waals surface area (Å²) in [4.78, 5) is 0. The van der Waals surface area contributed by atoms with Gasteiger partial charge in [0, 0.05) is 5.41 Å². The summed E-state index contributed by atoms with van der Waals surface area (Å²) in [5, 5.41) is 10.8. The molecule has 0 bridgehead atoms. The molecule has 1 heteroatoms. The van der Waals surface area contributed by atoms with Crippen molar-refractivity contribution in [3.05, 3.63) is 47.5 Å². The summed E-state index contributed by atoms with van der Waals surface area (Å²) >= 11 is 0. The molecule has 1 aromatic carbocycles. The summed E-state index contributed by atoms with van der Waals surface area (Å²) in [5.41, 5.74) is 1.38. The Balaban J connectivity index is 2.47. The van der Waals surface area contributed by atoms with Crippen LogP contribution >= 0.6 is 0 Å². The average molecular weight is 202 g/mol. The standard InChI is InChI=1S/C14H18O/c1-11-9-10-14(15,13(11,2)3)12-7-5-4-6-8-12/h4-9,15H,10H2,1-3H3. The highest BCUT2D eigenvalue weighted by molar-refractivity contribution is 5.35. The van der Waals surface area contributed by atoms with E-state index in [1.807, 2.05) is 30.3 Å². The largest absolute Gasteiger partial charge is 0.384 e. The second kappa shape index (κ2) is 3.21. The van der Waals surface area contributed by atoms with E-state index >= 15 is 0 Å².